The summed E-state index contributed by atoms with van der Waals surface area (Å²) in [6.07, 6.45) is 0.688. The zero-order chi connectivity index (χ0) is 20.0. The van der Waals surface area contributed by atoms with Crippen LogP contribution in [0.25, 0.3) is 0 Å². The number of nitrogens with two attached hydrogens (primary N) is 1. The first-order chi connectivity index (χ1) is 12.8. The van der Waals surface area contributed by atoms with Crippen LogP contribution in [-0.4, -0.2) is 37.4 Å². The number of amides is 1. The summed E-state index contributed by atoms with van der Waals surface area (Å²) < 4.78 is 0. The molecule has 0 aromatic heterocycles. The average molecular weight is 407 g/mol. The van der Waals surface area contributed by atoms with Crippen molar-refractivity contribution in [2.45, 2.75) is 19.4 Å². The Morgan fingerprint density at radius 2 is 1.96 bits per heavy atom. The number of rotatable bonds is 6. The van der Waals surface area contributed by atoms with Crippen LogP contribution in [0.5, 0.6) is 0 Å². The molecule has 144 valence electrons. The molecule has 0 radical (unpaired) electrons. The molecule has 1 unspecified atom stereocenters. The van der Waals surface area contributed by atoms with Gasteiger partial charge in [0.25, 0.3) is 5.91 Å². The van der Waals surface area contributed by atoms with E-state index in [1.807, 2.05) is 37.3 Å². The molecule has 0 aliphatic heterocycles. The molecule has 0 aliphatic carbocycles. The third-order valence-electron chi connectivity index (χ3n) is 4.06. The Bertz CT molecular complexity index is 836. The Labute approximate surface area is 170 Å². The van der Waals surface area contributed by atoms with Gasteiger partial charge in [0.1, 0.15) is 0 Å². The van der Waals surface area contributed by atoms with Crippen LogP contribution in [-0.2, 0) is 6.42 Å². The number of carbonyl (C=O) groups excluding carboxylic acids is 1. The molecule has 2 aromatic carbocycles. The lowest BCUT2D eigenvalue weighted by molar-refractivity contribution is 0.0827. The molecule has 0 spiro atoms. The van der Waals surface area contributed by atoms with Crippen molar-refractivity contribution in [3.63, 3.8) is 0 Å². The van der Waals surface area contributed by atoms with Crippen LogP contribution in [0.3, 0.4) is 0 Å². The van der Waals surface area contributed by atoms with E-state index < -0.39 is 0 Å². The van der Waals surface area contributed by atoms with Crippen LogP contribution < -0.4 is 11.1 Å². The van der Waals surface area contributed by atoms with E-state index in [9.17, 15) is 4.79 Å². The van der Waals surface area contributed by atoms with Crippen LogP contribution in [0.1, 0.15) is 34.5 Å². The first kappa shape index (κ1) is 21.1. The quantitative estimate of drug-likeness (QED) is 0.564. The maximum atomic E-state index is 12.0. The molecule has 0 bridgehead atoms. The second-order valence-electron chi connectivity index (χ2n) is 6.45. The number of carbonyl (C=O) groups is 1. The number of hydrogen-bond donors (Lipinski definition) is 2. The molecule has 5 nitrogen and oxygen atoms in total. The maximum Gasteiger partial charge on any atom is 0.253 e. The minimum absolute atomic E-state index is 0.0183. The molecule has 3 N–H and O–H groups in total. The van der Waals surface area contributed by atoms with Gasteiger partial charge >= 0.3 is 0 Å². The Morgan fingerprint density at radius 1 is 1.22 bits per heavy atom. The first-order valence-corrected chi connectivity index (χ1v) is 9.35. The summed E-state index contributed by atoms with van der Waals surface area (Å²) in [6.45, 7) is 2.47. The van der Waals surface area contributed by atoms with Crippen molar-refractivity contribution in [3.05, 3.63) is 69.2 Å². The van der Waals surface area contributed by atoms with Crippen LogP contribution in [0.2, 0.25) is 10.0 Å². The van der Waals surface area contributed by atoms with Gasteiger partial charge in [-0.3, -0.25) is 9.79 Å². The minimum atomic E-state index is -0.0976. The van der Waals surface area contributed by atoms with Crippen LogP contribution >= 0.6 is 23.2 Å². The summed E-state index contributed by atoms with van der Waals surface area (Å²) in [4.78, 5) is 18.0. The smallest absolute Gasteiger partial charge is 0.253 e. The number of nitrogens with zero attached hydrogens (tertiary/aromatic N) is 2. The lowest BCUT2D eigenvalue weighted by Crippen LogP contribution is -2.34. The fourth-order valence-corrected chi connectivity index (χ4v) is 3.19. The van der Waals surface area contributed by atoms with Crippen LogP contribution in [0.15, 0.2) is 47.5 Å². The zero-order valence-corrected chi connectivity index (χ0v) is 17.2. The second kappa shape index (κ2) is 9.62. The summed E-state index contributed by atoms with van der Waals surface area (Å²) in [7, 11) is 3.47. The van der Waals surface area contributed by atoms with Gasteiger partial charge in [0.15, 0.2) is 5.96 Å². The molecular formula is C20H24Cl2N4O. The molecule has 2 aromatic rings. The monoisotopic (exact) mass is 406 g/mol. The van der Waals surface area contributed by atoms with Crippen molar-refractivity contribution >= 4 is 35.1 Å². The van der Waals surface area contributed by atoms with Gasteiger partial charge in [0.2, 0.25) is 0 Å². The third-order valence-corrected chi connectivity index (χ3v) is 4.62. The summed E-state index contributed by atoms with van der Waals surface area (Å²) in [5.74, 6) is 0.323. The molecule has 7 heteroatoms. The molecule has 0 aliphatic rings. The van der Waals surface area contributed by atoms with Gasteiger partial charge in [-0.25, -0.2) is 0 Å². The van der Waals surface area contributed by atoms with Crippen molar-refractivity contribution < 1.29 is 4.79 Å². The topological polar surface area (TPSA) is 70.7 Å². The Hall–Kier alpha value is -2.24. The molecule has 1 atom stereocenters. The minimum Gasteiger partial charge on any atom is -0.370 e. The highest BCUT2D eigenvalue weighted by molar-refractivity contribution is 6.35. The van der Waals surface area contributed by atoms with Gasteiger partial charge in [0.05, 0.1) is 6.04 Å². The van der Waals surface area contributed by atoms with Crippen molar-refractivity contribution in [3.8, 4) is 0 Å². The highest BCUT2D eigenvalue weighted by Crippen LogP contribution is 2.25. The van der Waals surface area contributed by atoms with E-state index in [0.29, 0.717) is 34.5 Å². The number of nitrogens with one attached hydrogen (secondary N) is 1. The van der Waals surface area contributed by atoms with E-state index in [-0.39, 0.29) is 11.9 Å². The highest BCUT2D eigenvalue weighted by atomic mass is 35.5. The van der Waals surface area contributed by atoms with Gasteiger partial charge in [-0.15, -0.1) is 0 Å². The normalized spacial score (nSPS) is 12.6. The Balaban J connectivity index is 1.94. The molecule has 0 fully saturated rings. The summed E-state index contributed by atoms with van der Waals surface area (Å²) in [6, 6.07) is 12.8. The summed E-state index contributed by atoms with van der Waals surface area (Å²) in [5, 5.41) is 4.30. The Morgan fingerprint density at radius 3 is 2.63 bits per heavy atom. The number of benzene rings is 2. The van der Waals surface area contributed by atoms with Gasteiger partial charge in [0, 0.05) is 36.2 Å². The van der Waals surface area contributed by atoms with Crippen molar-refractivity contribution in [1.29, 1.82) is 0 Å². The van der Waals surface area contributed by atoms with Crippen molar-refractivity contribution in [1.82, 2.24) is 10.2 Å². The lowest BCUT2D eigenvalue weighted by Gasteiger charge is -2.16. The van der Waals surface area contributed by atoms with Gasteiger partial charge < -0.3 is 16.0 Å². The summed E-state index contributed by atoms with van der Waals surface area (Å²) >= 11 is 12.1. The molecule has 1 amide bonds. The van der Waals surface area contributed by atoms with Gasteiger partial charge in [-0.2, -0.15) is 0 Å². The standard InChI is InChI=1S/C20H24Cl2N4O/c1-13(17-8-7-16(21)12-18(17)22)25-20(23)24-10-9-14-5-4-6-15(11-14)19(27)26(2)3/h4-8,11-13H,9-10H2,1-3H3,(H3,23,24,25). The molecule has 0 heterocycles. The van der Waals surface area contributed by atoms with E-state index >= 15 is 0 Å². The maximum absolute atomic E-state index is 12.0. The first-order valence-electron chi connectivity index (χ1n) is 8.60. The zero-order valence-electron chi connectivity index (χ0n) is 15.7. The Kier molecular flexibility index (Phi) is 7.51. The van der Waals surface area contributed by atoms with Crippen LogP contribution in [0, 0.1) is 0 Å². The average Bonchev–Trinajstić information content (AvgIpc) is 2.61. The summed E-state index contributed by atoms with van der Waals surface area (Å²) in [5.41, 5.74) is 8.58. The fourth-order valence-electron chi connectivity index (χ4n) is 2.62. The van der Waals surface area contributed by atoms with E-state index in [0.717, 1.165) is 11.1 Å². The third kappa shape index (κ3) is 6.15. The van der Waals surface area contributed by atoms with E-state index in [1.54, 1.807) is 31.1 Å². The molecule has 27 heavy (non-hydrogen) atoms. The van der Waals surface area contributed by atoms with E-state index in [2.05, 4.69) is 10.3 Å². The van der Waals surface area contributed by atoms with Gasteiger partial charge in [-0.1, -0.05) is 41.4 Å². The second-order valence-corrected chi connectivity index (χ2v) is 7.29. The molecular weight excluding hydrogens is 383 g/mol. The van der Waals surface area contributed by atoms with E-state index in [1.165, 1.54) is 0 Å². The number of hydrogen-bond acceptors (Lipinski definition) is 2. The SMILES string of the molecule is CC(NC(N)=NCCc1cccc(C(=O)N(C)C)c1)c1ccc(Cl)cc1Cl. The largest absolute Gasteiger partial charge is 0.370 e. The molecule has 2 rings (SSSR count). The predicted octanol–water partition coefficient (Wildman–Crippen LogP) is 3.90. The number of halogens is 2. The number of guanidine groups is 1. The number of aliphatic imine (C=N–C) groups is 1. The van der Waals surface area contributed by atoms with Crippen molar-refractivity contribution in [2.24, 2.45) is 10.7 Å². The van der Waals surface area contributed by atoms with Crippen LogP contribution in [0.4, 0.5) is 0 Å². The van der Waals surface area contributed by atoms with Gasteiger partial charge in [-0.05, 0) is 48.7 Å². The highest BCUT2D eigenvalue weighted by Gasteiger charge is 2.11. The lowest BCUT2D eigenvalue weighted by atomic mass is 10.1. The molecule has 0 saturated heterocycles. The van der Waals surface area contributed by atoms with E-state index in [4.69, 9.17) is 28.9 Å². The molecule has 0 saturated carbocycles. The predicted molar refractivity (Wildman–Crippen MR) is 113 cm³/mol. The van der Waals surface area contributed by atoms with Crippen molar-refractivity contribution in [2.75, 3.05) is 20.6 Å². The fraction of sp³-hybridized carbons (Fsp3) is 0.300.